The van der Waals surface area contributed by atoms with E-state index in [1.54, 1.807) is 61.8 Å². The Morgan fingerprint density at radius 2 is 1.10 bits per heavy atom. The lowest BCUT2D eigenvalue weighted by Gasteiger charge is -2.24. The van der Waals surface area contributed by atoms with Crippen LogP contribution in [0.5, 0.6) is 11.6 Å². The minimum atomic E-state index is -3.64. The second-order valence-electron chi connectivity index (χ2n) is 31.3. The van der Waals surface area contributed by atoms with Crippen molar-refractivity contribution < 1.29 is 64.6 Å². The standard InChI is InChI=1S/C15H23NO2.C12H18.C11H14N2O2.C11H13NOS.C11H16.C10H15NO3S.C10H15NO2S.C9H14N2O4/c1-10(2)11-6-7-12(15(3,4)5)13(8-11)16-14(18)9-17;1-4-11-5-7-12(8-6-11)9-10(2)3;1-6(2)7-3-8(10(12)14)5-9(4-7)11(13)15;1-7(2)11-12-9(6-14-11)10-5-4-8(3)13-10;1-9(2)8-11-6-4-10(3)5-7-11;1-7(2)9-6-8(15(11,12)13)4-5-10(9)14-3;1-7(2)9-5-4-8(3)10(6-9)14(11,12)13;1-5(2)7-6(8(10)13)9(11-15-7)14-4-3-12/h6-8,10,17H,9H2,1-5H3,(H,16,18);5-8,10H,4,9H2,1-3H3;3-6H,1-2H3,(H2,12,14)(H2,13,15);4-7H,1-3H3;4-7,9H,8H2,1-3H3;4-7H,1-3H3,(H2,11,12,13);4-7H,1-3H3,(H2,11,12,13);5,12H,3-4H2,1-2H3,(H2,10,13). The lowest BCUT2D eigenvalue weighted by molar-refractivity contribution is -0.118. The average Bonchev–Trinajstić information content (AvgIpc) is 1.44. The van der Waals surface area contributed by atoms with Crippen LogP contribution in [-0.4, -0.2) is 87.7 Å². The predicted octanol–water partition coefficient (Wildman–Crippen LogP) is 18.0. The van der Waals surface area contributed by atoms with E-state index in [9.17, 15) is 36.0 Å². The van der Waals surface area contributed by atoms with Gasteiger partial charge in [-0.15, -0.1) is 11.3 Å². The number of nitrogens with two attached hydrogens (primary N) is 5. The summed E-state index contributed by atoms with van der Waals surface area (Å²) >= 11 is 1.69. The molecular formula is C89H128N8O14S3. The van der Waals surface area contributed by atoms with Crippen LogP contribution in [0.4, 0.5) is 5.69 Å². The number of ether oxygens (including phenoxy) is 2. The van der Waals surface area contributed by atoms with Crippen LogP contribution in [0.15, 0.2) is 158 Å². The molecule has 0 aliphatic rings. The fourth-order valence-electron chi connectivity index (χ4n) is 10.7. The van der Waals surface area contributed by atoms with Gasteiger partial charge in [0.25, 0.3) is 11.8 Å². The number of amides is 4. The number of aryl methyl sites for hydroxylation is 4. The van der Waals surface area contributed by atoms with Crippen LogP contribution in [0.25, 0.3) is 11.5 Å². The molecule has 9 aromatic rings. The highest BCUT2D eigenvalue weighted by Gasteiger charge is 2.25. The summed E-state index contributed by atoms with van der Waals surface area (Å²) in [6.45, 7) is 46.8. The number of rotatable bonds is 23. The van der Waals surface area contributed by atoms with E-state index in [2.05, 4.69) is 166 Å². The first-order valence-electron chi connectivity index (χ1n) is 38.3. The van der Waals surface area contributed by atoms with Crippen LogP contribution in [0.2, 0.25) is 0 Å². The van der Waals surface area contributed by atoms with E-state index < -0.39 is 44.4 Å². The van der Waals surface area contributed by atoms with Gasteiger partial charge in [-0.3, -0.25) is 19.2 Å². The SMILES string of the molecule is CC(C)c1cc(C(N)=O)cc(C(N)=O)c1.CC(C)c1ccc(C(C)(C)C)c(NC(=O)CO)c1.CC(C)c1onc(OCCO)c1C(N)=O.CCc1ccc(CC(C)C)cc1.COc1ccc(S(N)(=O)=O)cc1C(C)C.Cc1ccc(-c2csc(C(C)C)n2)o1.Cc1ccc(C(C)C)cc1S(N)(=O)=O.Cc1ccc(CC(C)C)cc1. The normalized spacial score (nSPS) is 11.2. The Hall–Kier alpha value is -9.34. The molecule has 0 fully saturated rings. The van der Waals surface area contributed by atoms with E-state index in [4.69, 9.17) is 56.1 Å². The van der Waals surface area contributed by atoms with Crippen molar-refractivity contribution in [2.75, 3.05) is 32.2 Å². The number of aliphatic hydroxyl groups is 2. The van der Waals surface area contributed by atoms with Gasteiger partial charge in [0, 0.05) is 34.0 Å². The molecule has 0 aliphatic heterocycles. The monoisotopic (exact) mass is 1630 g/mol. The first kappa shape index (κ1) is 101. The van der Waals surface area contributed by atoms with Crippen molar-refractivity contribution in [3.63, 3.8) is 0 Å². The van der Waals surface area contributed by atoms with Gasteiger partial charge in [-0.1, -0.05) is 217 Å². The highest BCUT2D eigenvalue weighted by molar-refractivity contribution is 7.89. The second-order valence-corrected chi connectivity index (χ2v) is 35.3. The predicted molar refractivity (Wildman–Crippen MR) is 462 cm³/mol. The summed E-state index contributed by atoms with van der Waals surface area (Å²) in [6, 6.07) is 42.6. The highest BCUT2D eigenvalue weighted by Crippen LogP contribution is 2.34. The van der Waals surface area contributed by atoms with Crippen molar-refractivity contribution in [3.8, 4) is 23.1 Å². The molecule has 0 unspecified atom stereocenters. The minimum absolute atomic E-state index is 0.00789. The minimum Gasteiger partial charge on any atom is -0.496 e. The molecule has 13 N–H and O–H groups in total. The third-order valence-electron chi connectivity index (χ3n) is 17.1. The quantitative estimate of drug-likeness (QED) is 0.0295. The molecule has 114 heavy (non-hydrogen) atoms. The molecule has 0 atom stereocenters. The lowest BCUT2D eigenvalue weighted by Crippen LogP contribution is -2.21. The van der Waals surface area contributed by atoms with Gasteiger partial charge in [0.2, 0.25) is 37.8 Å². The third-order valence-corrected chi connectivity index (χ3v) is 20.2. The van der Waals surface area contributed by atoms with Crippen LogP contribution in [-0.2, 0) is 49.5 Å². The average molecular weight is 1630 g/mol. The van der Waals surface area contributed by atoms with Gasteiger partial charge in [0.05, 0.1) is 28.5 Å². The molecule has 22 nitrogen and oxygen atoms in total. The molecule has 25 heteroatoms. The Morgan fingerprint density at radius 1 is 0.579 bits per heavy atom. The van der Waals surface area contributed by atoms with Gasteiger partial charge in [-0.05, 0) is 197 Å². The summed E-state index contributed by atoms with van der Waals surface area (Å²) in [6.07, 6.45) is 3.53. The topological polar surface area (TPSA) is 390 Å². The Kier molecular flexibility index (Phi) is 42.5. The molecule has 0 aliphatic carbocycles. The number of nitrogens with zero attached hydrogens (tertiary/aromatic N) is 2. The van der Waals surface area contributed by atoms with Crippen LogP contribution < -0.4 is 42.3 Å². The Balaban J connectivity index is 0.000000443. The van der Waals surface area contributed by atoms with E-state index >= 15 is 0 Å². The number of aromatic nitrogens is 2. The maximum absolute atomic E-state index is 11.4. The number of anilines is 1. The second kappa shape index (κ2) is 48.1. The number of thiazole rings is 1. The van der Waals surface area contributed by atoms with Gasteiger partial charge in [-0.2, -0.15) is 0 Å². The number of primary amides is 3. The smallest absolute Gasteiger partial charge is 0.267 e. The Bertz CT molecular complexity index is 4670. The summed E-state index contributed by atoms with van der Waals surface area (Å²) in [5.74, 6) is 3.89. The third kappa shape index (κ3) is 35.6. The van der Waals surface area contributed by atoms with Crippen molar-refractivity contribution in [2.24, 2.45) is 39.3 Å². The lowest BCUT2D eigenvalue weighted by atomic mass is 9.84. The molecule has 0 saturated carbocycles. The number of hydrogen-bond donors (Lipinski definition) is 8. The number of carbonyl (C=O) groups excluding carboxylic acids is 4. The number of hydrogen-bond acceptors (Lipinski definition) is 17. The summed E-state index contributed by atoms with van der Waals surface area (Å²) in [5.41, 5.74) is 29.3. The molecule has 3 heterocycles. The number of carbonyl (C=O) groups is 4. The molecule has 4 amide bonds. The number of aliphatic hydroxyl groups excluding tert-OH is 2. The maximum atomic E-state index is 11.4. The molecule has 6 aromatic carbocycles. The van der Waals surface area contributed by atoms with Crippen molar-refractivity contribution in [3.05, 3.63) is 228 Å². The first-order chi connectivity index (χ1) is 53.0. The fourth-order valence-corrected chi connectivity index (χ4v) is 12.9. The number of primary sulfonamides is 2. The Labute approximate surface area is 682 Å². The van der Waals surface area contributed by atoms with E-state index in [1.807, 2.05) is 92.0 Å². The zero-order valence-electron chi connectivity index (χ0n) is 71.4. The number of methoxy groups -OCH3 is 1. The summed E-state index contributed by atoms with van der Waals surface area (Å²) in [7, 11) is -5.68. The molecule has 626 valence electrons. The van der Waals surface area contributed by atoms with Gasteiger partial charge < -0.3 is 51.1 Å². The van der Waals surface area contributed by atoms with Gasteiger partial charge in [0.15, 0.2) is 11.5 Å². The fraction of sp³-hybridized carbons (Fsp3) is 0.438. The van der Waals surface area contributed by atoms with Crippen LogP contribution >= 0.6 is 11.3 Å². The zero-order chi connectivity index (χ0) is 86.9. The molecule has 0 bridgehead atoms. The first-order valence-corrected chi connectivity index (χ1v) is 42.3. The molecule has 9 rings (SSSR count). The molecule has 3 aromatic heterocycles. The van der Waals surface area contributed by atoms with Gasteiger partial charge >= 0.3 is 0 Å². The summed E-state index contributed by atoms with van der Waals surface area (Å²) in [4.78, 5) is 49.4. The number of sulfonamides is 2. The van der Waals surface area contributed by atoms with E-state index in [0.29, 0.717) is 46.0 Å². The van der Waals surface area contributed by atoms with Crippen LogP contribution in [0.1, 0.15) is 277 Å². The van der Waals surface area contributed by atoms with E-state index in [-0.39, 0.29) is 63.5 Å². The molecule has 0 spiro atoms. The highest BCUT2D eigenvalue weighted by atomic mass is 32.2. The molecular weight excluding hydrogens is 1500 g/mol. The van der Waals surface area contributed by atoms with Gasteiger partial charge in [-0.25, -0.2) is 32.1 Å². The van der Waals surface area contributed by atoms with E-state index in [0.717, 1.165) is 68.4 Å². The number of nitrogens with one attached hydrogen (secondary N) is 1. The summed E-state index contributed by atoms with van der Waals surface area (Å²) in [5, 5.41) is 37.1. The van der Waals surface area contributed by atoms with Crippen molar-refractivity contribution in [1.29, 1.82) is 0 Å². The van der Waals surface area contributed by atoms with Crippen molar-refractivity contribution in [2.45, 2.75) is 229 Å². The maximum Gasteiger partial charge on any atom is 0.267 e. The molecule has 0 saturated heterocycles. The summed E-state index contributed by atoms with van der Waals surface area (Å²) < 4.78 is 65.3. The Morgan fingerprint density at radius 3 is 1.50 bits per heavy atom. The number of furan rings is 1. The zero-order valence-corrected chi connectivity index (χ0v) is 73.9. The molecule has 0 radical (unpaired) electrons. The van der Waals surface area contributed by atoms with Crippen LogP contribution in [0, 0.1) is 32.6 Å². The van der Waals surface area contributed by atoms with Crippen molar-refractivity contribution in [1.82, 2.24) is 10.1 Å². The number of benzene rings is 6. The largest absolute Gasteiger partial charge is 0.496 e. The van der Waals surface area contributed by atoms with Crippen LogP contribution in [0.3, 0.4) is 0 Å². The van der Waals surface area contributed by atoms with E-state index in [1.165, 1.54) is 52.8 Å². The van der Waals surface area contributed by atoms with Gasteiger partial charge in [0.1, 0.15) is 36.0 Å². The van der Waals surface area contributed by atoms with Crippen molar-refractivity contribution >= 4 is 60.7 Å².